The highest BCUT2D eigenvalue weighted by Gasteiger charge is 2.21. The number of nitrogens with zero attached hydrogens (tertiary/aromatic N) is 1. The van der Waals surface area contributed by atoms with Crippen LogP contribution in [-0.2, 0) is 6.54 Å². The fourth-order valence-electron chi connectivity index (χ4n) is 3.14. The molecule has 3 rings (SSSR count). The van der Waals surface area contributed by atoms with E-state index in [4.69, 9.17) is 0 Å². The summed E-state index contributed by atoms with van der Waals surface area (Å²) in [6, 6.07) is 12.2. The molecule has 0 atom stereocenters. The van der Waals surface area contributed by atoms with E-state index in [-0.39, 0.29) is 11.3 Å². The minimum absolute atomic E-state index is 0.0869. The second-order valence-electron chi connectivity index (χ2n) is 6.48. The zero-order valence-corrected chi connectivity index (χ0v) is 17.8. The van der Waals surface area contributed by atoms with Crippen LogP contribution in [0.1, 0.15) is 35.0 Å². The minimum Gasteiger partial charge on any atom is -0.348 e. The van der Waals surface area contributed by atoms with Crippen molar-refractivity contribution in [2.45, 2.75) is 26.8 Å². The number of rotatable bonds is 6. The predicted molar refractivity (Wildman–Crippen MR) is 118 cm³/mol. The molecule has 0 aliphatic rings. The van der Waals surface area contributed by atoms with Gasteiger partial charge in [0.05, 0.1) is 16.6 Å². The number of fused-ring (bicyclic) bond motifs is 1. The molecule has 0 unspecified atom stereocenters. The Hall–Kier alpha value is -2.42. The number of hydrogen-bond acceptors (Lipinski definition) is 3. The van der Waals surface area contributed by atoms with E-state index in [0.29, 0.717) is 29.7 Å². The summed E-state index contributed by atoms with van der Waals surface area (Å²) >= 11 is 2.21. The van der Waals surface area contributed by atoms with Crippen LogP contribution in [-0.4, -0.2) is 17.1 Å². The van der Waals surface area contributed by atoms with E-state index in [9.17, 15) is 14.0 Å². The summed E-state index contributed by atoms with van der Waals surface area (Å²) in [5, 5.41) is 3.12. The number of benzene rings is 2. The third-order valence-corrected chi connectivity index (χ3v) is 5.16. The second kappa shape index (κ2) is 8.72. The lowest BCUT2D eigenvalue weighted by Gasteiger charge is -2.18. The normalized spacial score (nSPS) is 10.9. The van der Waals surface area contributed by atoms with Crippen LogP contribution < -0.4 is 16.3 Å². The van der Waals surface area contributed by atoms with Crippen LogP contribution in [0.4, 0.5) is 4.39 Å². The lowest BCUT2D eigenvalue weighted by atomic mass is 10.0. The largest absolute Gasteiger partial charge is 0.348 e. The summed E-state index contributed by atoms with van der Waals surface area (Å²) in [4.78, 5) is 25.8. The quantitative estimate of drug-likeness (QED) is 0.512. The van der Waals surface area contributed by atoms with Gasteiger partial charge in [-0.25, -0.2) is 9.07 Å². The Bertz CT molecular complexity index is 1090. The average Bonchev–Trinajstić information content (AvgIpc) is 2.66. The smallest absolute Gasteiger partial charge is 0.279 e. The fraction of sp³-hybridized carbons (Fsp3) is 0.238. The molecule has 146 valence electrons. The number of carbonyl (C=O) groups excluding carboxylic acids is 1. The minimum atomic E-state index is -0.638. The van der Waals surface area contributed by atoms with Crippen molar-refractivity contribution in [3.8, 4) is 0 Å². The lowest BCUT2D eigenvalue weighted by Crippen LogP contribution is -2.35. The number of carbonyl (C=O) groups is 1. The molecule has 2 aromatic carbocycles. The van der Waals surface area contributed by atoms with Crippen LogP contribution in [0.25, 0.3) is 10.8 Å². The van der Waals surface area contributed by atoms with Gasteiger partial charge in [-0.3, -0.25) is 9.59 Å². The van der Waals surface area contributed by atoms with Gasteiger partial charge in [-0.2, -0.15) is 0 Å². The molecular weight excluding hydrogens is 472 g/mol. The van der Waals surface area contributed by atoms with Crippen LogP contribution in [0.2, 0.25) is 0 Å². The van der Waals surface area contributed by atoms with Crippen molar-refractivity contribution in [2.24, 2.45) is 0 Å². The van der Waals surface area contributed by atoms with E-state index >= 15 is 0 Å². The zero-order chi connectivity index (χ0) is 20.3. The summed E-state index contributed by atoms with van der Waals surface area (Å²) in [5.41, 5.74) is 4.20. The molecule has 1 amide bonds. The van der Waals surface area contributed by atoms with E-state index in [2.05, 4.69) is 33.3 Å². The molecule has 0 radical (unpaired) electrons. The molecule has 1 heterocycles. The topological polar surface area (TPSA) is 63.1 Å². The number of nitrogens with one attached hydrogen (secondary N) is 2. The van der Waals surface area contributed by atoms with Crippen LogP contribution in [0.3, 0.4) is 0 Å². The van der Waals surface area contributed by atoms with Crippen LogP contribution in [0.15, 0.2) is 47.3 Å². The summed E-state index contributed by atoms with van der Waals surface area (Å²) in [6.45, 7) is 4.52. The fourth-order valence-corrected chi connectivity index (χ4v) is 3.75. The lowest BCUT2D eigenvalue weighted by molar-refractivity contribution is 0.0951. The van der Waals surface area contributed by atoms with Gasteiger partial charge in [-0.05, 0) is 59.7 Å². The molecule has 7 heteroatoms. The molecule has 2 N–H and O–H groups in total. The molecule has 5 nitrogen and oxygen atoms in total. The molecule has 3 aromatic rings. The van der Waals surface area contributed by atoms with Crippen molar-refractivity contribution in [3.05, 3.63) is 79.0 Å². The number of amides is 1. The van der Waals surface area contributed by atoms with Crippen LogP contribution in [0, 0.1) is 16.3 Å². The number of aromatic nitrogens is 1. The van der Waals surface area contributed by atoms with Crippen molar-refractivity contribution >= 4 is 39.3 Å². The van der Waals surface area contributed by atoms with E-state index in [0.717, 1.165) is 15.6 Å². The standard InChI is InChI=1S/C21H21FIN3O2/c1-3-10-25-26-13(2)18(16-8-5-9-17(22)19(16)21(26)28)20(27)24-12-14-6-4-7-15(23)11-14/h4-9,11,25H,3,10,12H2,1-2H3,(H,24,27). The number of pyridine rings is 1. The number of halogens is 2. The third-order valence-electron chi connectivity index (χ3n) is 4.49. The van der Waals surface area contributed by atoms with Gasteiger partial charge in [0.1, 0.15) is 5.82 Å². The summed E-state index contributed by atoms with van der Waals surface area (Å²) < 4.78 is 16.8. The SMILES string of the molecule is CCCNn1c(C)c(C(=O)NCc2cccc(I)c2)c2cccc(F)c2c1=O. The first-order valence-corrected chi connectivity index (χ1v) is 10.1. The Labute approximate surface area is 176 Å². The highest BCUT2D eigenvalue weighted by atomic mass is 127. The van der Waals surface area contributed by atoms with Gasteiger partial charge >= 0.3 is 0 Å². The molecule has 28 heavy (non-hydrogen) atoms. The Morgan fingerprint density at radius 1 is 1.21 bits per heavy atom. The highest BCUT2D eigenvalue weighted by molar-refractivity contribution is 14.1. The summed E-state index contributed by atoms with van der Waals surface area (Å²) in [7, 11) is 0. The molecular formula is C21H21FIN3O2. The van der Waals surface area contributed by atoms with Gasteiger partial charge in [-0.1, -0.05) is 31.2 Å². The van der Waals surface area contributed by atoms with Gasteiger partial charge in [0.25, 0.3) is 11.5 Å². The molecule has 0 fully saturated rings. The van der Waals surface area contributed by atoms with Crippen molar-refractivity contribution in [3.63, 3.8) is 0 Å². The third kappa shape index (κ3) is 4.04. The van der Waals surface area contributed by atoms with Crippen LogP contribution in [0.5, 0.6) is 0 Å². The monoisotopic (exact) mass is 493 g/mol. The first kappa shape index (κ1) is 20.3. The zero-order valence-electron chi connectivity index (χ0n) is 15.7. The van der Waals surface area contributed by atoms with E-state index in [1.54, 1.807) is 13.0 Å². The Balaban J connectivity index is 2.06. The maximum absolute atomic E-state index is 14.4. The van der Waals surface area contributed by atoms with Crippen LogP contribution >= 0.6 is 22.6 Å². The first-order valence-electron chi connectivity index (χ1n) is 9.04. The number of hydrogen-bond donors (Lipinski definition) is 2. The van der Waals surface area contributed by atoms with Gasteiger partial charge in [-0.15, -0.1) is 0 Å². The molecule has 0 saturated heterocycles. The van der Waals surface area contributed by atoms with Gasteiger partial charge < -0.3 is 10.7 Å². The van der Waals surface area contributed by atoms with Crippen molar-refractivity contribution in [2.75, 3.05) is 12.0 Å². The molecule has 0 bridgehead atoms. The van der Waals surface area contributed by atoms with Gasteiger partial charge in [0, 0.05) is 22.0 Å². The van der Waals surface area contributed by atoms with Crippen molar-refractivity contribution in [1.29, 1.82) is 0 Å². The molecule has 0 aliphatic heterocycles. The average molecular weight is 493 g/mol. The van der Waals surface area contributed by atoms with Gasteiger partial charge in [0.2, 0.25) is 0 Å². The molecule has 1 aromatic heterocycles. The first-order chi connectivity index (χ1) is 13.4. The Morgan fingerprint density at radius 2 is 1.96 bits per heavy atom. The maximum atomic E-state index is 14.4. The Kier molecular flexibility index (Phi) is 6.33. The van der Waals surface area contributed by atoms with E-state index in [1.165, 1.54) is 16.8 Å². The van der Waals surface area contributed by atoms with Crippen molar-refractivity contribution in [1.82, 2.24) is 9.99 Å². The highest BCUT2D eigenvalue weighted by Crippen LogP contribution is 2.21. The molecule has 0 aliphatic carbocycles. The van der Waals surface area contributed by atoms with Gasteiger partial charge in [0.15, 0.2) is 0 Å². The summed E-state index contributed by atoms with van der Waals surface area (Å²) in [6.07, 6.45) is 0.787. The molecule has 0 spiro atoms. The van der Waals surface area contributed by atoms with E-state index < -0.39 is 11.4 Å². The molecule has 0 saturated carbocycles. The summed E-state index contributed by atoms with van der Waals surface area (Å²) in [5.74, 6) is -0.986. The van der Waals surface area contributed by atoms with E-state index in [1.807, 2.05) is 31.2 Å². The second-order valence-corrected chi connectivity index (χ2v) is 7.73. The maximum Gasteiger partial charge on any atom is 0.279 e. The Morgan fingerprint density at radius 3 is 2.68 bits per heavy atom. The van der Waals surface area contributed by atoms with Crippen molar-refractivity contribution < 1.29 is 9.18 Å². The predicted octanol–water partition coefficient (Wildman–Crippen LogP) is 3.94.